The summed E-state index contributed by atoms with van der Waals surface area (Å²) in [5.41, 5.74) is 1.79. The third-order valence-electron chi connectivity index (χ3n) is 2.72. The molecule has 0 atom stereocenters. The monoisotopic (exact) mass is 330 g/mol. The van der Waals surface area contributed by atoms with E-state index in [0.717, 1.165) is 10.0 Å². The highest BCUT2D eigenvalue weighted by Gasteiger charge is 2.04. The number of carbonyl (C=O) groups excluding carboxylic acids is 1. The summed E-state index contributed by atoms with van der Waals surface area (Å²) < 4.78 is 6.31. The van der Waals surface area contributed by atoms with Crippen molar-refractivity contribution >= 4 is 27.8 Å². The molecule has 0 N–H and O–H groups in total. The molecule has 2 aromatic rings. The van der Waals surface area contributed by atoms with Gasteiger partial charge in [-0.2, -0.15) is 0 Å². The molecule has 0 aliphatic rings. The Morgan fingerprint density at radius 3 is 2.45 bits per heavy atom. The van der Waals surface area contributed by atoms with Crippen LogP contribution < -0.4 is 0 Å². The first-order chi connectivity index (χ1) is 9.75. The summed E-state index contributed by atoms with van der Waals surface area (Å²) in [6.07, 6.45) is 3.88. The fraction of sp³-hybridized carbons (Fsp3) is 0.118. The summed E-state index contributed by atoms with van der Waals surface area (Å²) in [4.78, 5) is 11.8. The molecule has 2 rings (SSSR count). The smallest absolute Gasteiger partial charge is 0.188 e. The van der Waals surface area contributed by atoms with Crippen LogP contribution >= 0.6 is 15.9 Å². The number of ketones is 1. The van der Waals surface area contributed by atoms with Gasteiger partial charge < -0.3 is 4.74 Å². The molecule has 102 valence electrons. The Balaban J connectivity index is 1.74. The van der Waals surface area contributed by atoms with Crippen molar-refractivity contribution in [3.05, 3.63) is 76.3 Å². The Kier molecular flexibility index (Phi) is 5.71. The zero-order valence-corrected chi connectivity index (χ0v) is 12.5. The molecule has 3 heteroatoms. The van der Waals surface area contributed by atoms with Gasteiger partial charge in [-0.15, -0.1) is 0 Å². The fourth-order valence-corrected chi connectivity index (χ4v) is 1.95. The first kappa shape index (κ1) is 14.7. The molecule has 2 aromatic carbocycles. The van der Waals surface area contributed by atoms with Crippen molar-refractivity contribution in [1.29, 1.82) is 0 Å². The molecular formula is C17H15BrO2. The first-order valence-electron chi connectivity index (χ1n) is 6.34. The Bertz CT molecular complexity index is 574. The van der Waals surface area contributed by atoms with Crippen LogP contribution in [0, 0.1) is 0 Å². The number of benzene rings is 2. The van der Waals surface area contributed by atoms with Crippen LogP contribution in [0.3, 0.4) is 0 Å². The van der Waals surface area contributed by atoms with Crippen LogP contribution in [0.1, 0.15) is 15.9 Å². The van der Waals surface area contributed by atoms with Crippen LogP contribution in [-0.2, 0) is 4.74 Å². The minimum Gasteiger partial charge on any atom is -0.369 e. The highest BCUT2D eigenvalue weighted by Crippen LogP contribution is 2.11. The zero-order chi connectivity index (χ0) is 14.2. The summed E-state index contributed by atoms with van der Waals surface area (Å²) in [6.45, 7) is 0.526. The van der Waals surface area contributed by atoms with E-state index in [-0.39, 0.29) is 12.4 Å². The molecule has 0 bridgehead atoms. The van der Waals surface area contributed by atoms with Crippen molar-refractivity contribution in [2.24, 2.45) is 0 Å². The molecule has 0 aromatic heterocycles. The summed E-state index contributed by atoms with van der Waals surface area (Å²) in [5, 5.41) is 0. The summed E-state index contributed by atoms with van der Waals surface area (Å²) in [5.74, 6) is -0.00869. The predicted molar refractivity (Wildman–Crippen MR) is 84.8 cm³/mol. The Morgan fingerprint density at radius 2 is 1.75 bits per heavy atom. The average Bonchev–Trinajstić information content (AvgIpc) is 2.48. The average molecular weight is 331 g/mol. The van der Waals surface area contributed by atoms with E-state index in [1.165, 1.54) is 0 Å². The molecule has 0 radical (unpaired) electrons. The van der Waals surface area contributed by atoms with E-state index in [1.807, 2.05) is 54.6 Å². The molecule has 0 amide bonds. The molecule has 0 aliphatic carbocycles. The van der Waals surface area contributed by atoms with Crippen LogP contribution in [0.4, 0.5) is 0 Å². The first-order valence-corrected chi connectivity index (χ1v) is 7.13. The van der Waals surface area contributed by atoms with E-state index in [0.29, 0.717) is 12.2 Å². The Morgan fingerprint density at radius 1 is 1.05 bits per heavy atom. The number of ether oxygens (including phenoxy) is 1. The quantitative estimate of drug-likeness (QED) is 0.581. The van der Waals surface area contributed by atoms with Crippen LogP contribution in [0.5, 0.6) is 0 Å². The van der Waals surface area contributed by atoms with Gasteiger partial charge in [0.15, 0.2) is 5.78 Å². The number of hydrogen-bond acceptors (Lipinski definition) is 2. The molecule has 2 nitrogen and oxygen atoms in total. The predicted octanol–water partition coefficient (Wildman–Crippen LogP) is 4.36. The molecule has 0 unspecified atom stereocenters. The number of rotatable bonds is 6. The lowest BCUT2D eigenvalue weighted by Gasteiger charge is -2.01. The lowest BCUT2D eigenvalue weighted by molar-refractivity contribution is 0.0806. The van der Waals surface area contributed by atoms with Gasteiger partial charge in [-0.05, 0) is 17.7 Å². The third-order valence-corrected chi connectivity index (χ3v) is 3.25. The number of carbonyl (C=O) groups is 1. The van der Waals surface area contributed by atoms with E-state index < -0.39 is 0 Å². The van der Waals surface area contributed by atoms with Gasteiger partial charge in [0.25, 0.3) is 0 Å². The second-order valence-electron chi connectivity index (χ2n) is 4.26. The highest BCUT2D eigenvalue weighted by atomic mass is 79.9. The SMILES string of the molecule is O=C(COCC=Cc1ccccc1)c1ccc(Br)cc1. The minimum absolute atomic E-state index is 0.00869. The Labute approximate surface area is 127 Å². The highest BCUT2D eigenvalue weighted by molar-refractivity contribution is 9.10. The lowest BCUT2D eigenvalue weighted by atomic mass is 10.1. The molecule has 0 spiro atoms. The molecule has 0 fully saturated rings. The van der Waals surface area contributed by atoms with Gasteiger partial charge >= 0.3 is 0 Å². The maximum absolute atomic E-state index is 11.8. The largest absolute Gasteiger partial charge is 0.369 e. The van der Waals surface area contributed by atoms with Gasteiger partial charge in [-0.25, -0.2) is 0 Å². The normalized spacial score (nSPS) is 10.8. The maximum Gasteiger partial charge on any atom is 0.188 e. The summed E-state index contributed by atoms with van der Waals surface area (Å²) in [7, 11) is 0. The minimum atomic E-state index is -0.00869. The maximum atomic E-state index is 11.8. The van der Waals surface area contributed by atoms with E-state index in [1.54, 1.807) is 12.1 Å². The second-order valence-corrected chi connectivity index (χ2v) is 5.17. The van der Waals surface area contributed by atoms with Crippen molar-refractivity contribution in [3.8, 4) is 0 Å². The van der Waals surface area contributed by atoms with E-state index >= 15 is 0 Å². The van der Waals surface area contributed by atoms with Gasteiger partial charge in [0, 0.05) is 10.0 Å². The molecule has 0 heterocycles. The van der Waals surface area contributed by atoms with Crippen LogP contribution in [0.2, 0.25) is 0 Å². The van der Waals surface area contributed by atoms with E-state index in [9.17, 15) is 4.79 Å². The van der Waals surface area contributed by atoms with Crippen molar-refractivity contribution in [2.75, 3.05) is 13.2 Å². The standard InChI is InChI=1S/C17H15BrO2/c18-16-10-8-15(9-11-16)17(19)13-20-12-4-7-14-5-2-1-3-6-14/h1-11H,12-13H2. The third kappa shape index (κ3) is 4.76. The van der Waals surface area contributed by atoms with E-state index in [2.05, 4.69) is 15.9 Å². The number of hydrogen-bond donors (Lipinski definition) is 0. The lowest BCUT2D eigenvalue weighted by Crippen LogP contribution is -2.08. The van der Waals surface area contributed by atoms with Crippen LogP contribution in [0.15, 0.2) is 65.1 Å². The van der Waals surface area contributed by atoms with Crippen molar-refractivity contribution in [3.63, 3.8) is 0 Å². The molecule has 0 aliphatic heterocycles. The van der Waals surface area contributed by atoms with Crippen molar-refractivity contribution in [1.82, 2.24) is 0 Å². The number of halogens is 1. The summed E-state index contributed by atoms with van der Waals surface area (Å²) >= 11 is 3.34. The zero-order valence-electron chi connectivity index (χ0n) is 11.0. The Hall–Kier alpha value is -1.71. The number of Topliss-reactive ketones (excluding diaryl/α,β-unsaturated/α-hetero) is 1. The van der Waals surface area contributed by atoms with Gasteiger partial charge in [0.1, 0.15) is 6.61 Å². The van der Waals surface area contributed by atoms with Gasteiger partial charge in [-0.3, -0.25) is 4.79 Å². The van der Waals surface area contributed by atoms with Gasteiger partial charge in [0.05, 0.1) is 6.61 Å². The molecule has 0 saturated carbocycles. The van der Waals surface area contributed by atoms with Crippen molar-refractivity contribution < 1.29 is 9.53 Å². The van der Waals surface area contributed by atoms with Gasteiger partial charge in [-0.1, -0.05) is 70.5 Å². The molecule has 0 saturated heterocycles. The topological polar surface area (TPSA) is 26.3 Å². The molecule has 20 heavy (non-hydrogen) atoms. The van der Waals surface area contributed by atoms with E-state index in [4.69, 9.17) is 4.74 Å². The van der Waals surface area contributed by atoms with Crippen LogP contribution in [0.25, 0.3) is 6.08 Å². The molecular weight excluding hydrogens is 316 g/mol. The second kappa shape index (κ2) is 7.78. The van der Waals surface area contributed by atoms with Gasteiger partial charge in [0.2, 0.25) is 0 Å². The van der Waals surface area contributed by atoms with Crippen LogP contribution in [-0.4, -0.2) is 19.0 Å². The summed E-state index contributed by atoms with van der Waals surface area (Å²) in [6, 6.07) is 17.3. The van der Waals surface area contributed by atoms with Crippen molar-refractivity contribution in [2.45, 2.75) is 0 Å². The fourth-order valence-electron chi connectivity index (χ4n) is 1.69.